The Hall–Kier alpha value is -6.22. The number of hydrogen-bond acceptors (Lipinski definition) is 4. The van der Waals surface area contributed by atoms with Crippen molar-refractivity contribution in [3.05, 3.63) is 135 Å². The number of fused-ring (bicyclic) bond motifs is 10. The summed E-state index contributed by atoms with van der Waals surface area (Å²) in [5.74, 6) is 0.497. The average Bonchev–Trinajstić information content (AvgIpc) is 3.91. The van der Waals surface area contributed by atoms with Crippen molar-refractivity contribution < 1.29 is 14.4 Å². The zero-order valence-electron chi connectivity index (χ0n) is 34.5. The molecule has 7 aromatic rings. The second-order valence-electron chi connectivity index (χ2n) is 18.0. The van der Waals surface area contributed by atoms with Gasteiger partial charge in [0.25, 0.3) is 0 Å². The monoisotopic (exact) mass is 782 g/mol. The van der Waals surface area contributed by atoms with Crippen molar-refractivity contribution in [2.75, 3.05) is 9.80 Å². The van der Waals surface area contributed by atoms with E-state index in [-0.39, 0.29) is 17.6 Å². The fraction of sp³-hybridized carbons (Fsp3) is 0.320. The molecule has 0 saturated carbocycles. The Morgan fingerprint density at radius 3 is 1.63 bits per heavy atom. The van der Waals surface area contributed by atoms with Gasteiger partial charge in [0.05, 0.1) is 35.3 Å². The Bertz CT molecular complexity index is 2840. The number of rotatable bonds is 4. The standard InChI is InChI=1S/C26H26N4O.C24H24N2O2/c1-15-17-10-7-11-18-19-12-22-20(13-21(19)27-23(18)24(17)29-28-15)26(2,3)25(31)30(22)14-16-8-5-4-6-9-16;1-24(2)18-13-19-17(16-10-6-7-11-21(27)22(16)25-19)12-20(18)26(23(24)28)14-15-8-4-3-5-9-15/h4-6,8-9,12-13,27H,7,10-11,14H2,1-3H3,(H,28,29);3-5,8-9,12-13,25H,6-7,10-11,14H2,1-2H3. The summed E-state index contributed by atoms with van der Waals surface area (Å²) in [6, 6.07) is 29.0. The summed E-state index contributed by atoms with van der Waals surface area (Å²) in [7, 11) is 0. The van der Waals surface area contributed by atoms with Gasteiger partial charge in [0.1, 0.15) is 5.69 Å². The topological polar surface area (TPSA) is 118 Å². The molecular formula is C50H50N6O3. The number of amides is 2. The van der Waals surface area contributed by atoms with Gasteiger partial charge in [0, 0.05) is 50.9 Å². The van der Waals surface area contributed by atoms with Crippen LogP contribution in [0.3, 0.4) is 0 Å². The van der Waals surface area contributed by atoms with E-state index in [1.807, 2.05) is 73.9 Å². The van der Waals surface area contributed by atoms with Gasteiger partial charge in [0.2, 0.25) is 11.8 Å². The zero-order chi connectivity index (χ0) is 40.8. The maximum absolute atomic E-state index is 13.4. The minimum Gasteiger partial charge on any atom is -0.353 e. The number of hydrogen-bond donors (Lipinski definition) is 3. The smallest absolute Gasteiger partial charge is 0.237 e. The van der Waals surface area contributed by atoms with Gasteiger partial charge in [-0.05, 0) is 131 Å². The molecule has 9 nitrogen and oxygen atoms in total. The zero-order valence-corrected chi connectivity index (χ0v) is 34.5. The summed E-state index contributed by atoms with van der Waals surface area (Å²) in [6.07, 6.45) is 6.65. The highest BCUT2D eigenvalue weighted by Crippen LogP contribution is 2.48. The van der Waals surface area contributed by atoms with Crippen molar-refractivity contribution in [3.8, 4) is 11.4 Å². The predicted octanol–water partition coefficient (Wildman–Crippen LogP) is 10.1. The van der Waals surface area contributed by atoms with E-state index in [1.54, 1.807) is 0 Å². The van der Waals surface area contributed by atoms with Crippen LogP contribution in [0.5, 0.6) is 0 Å². The maximum atomic E-state index is 13.4. The van der Waals surface area contributed by atoms with Gasteiger partial charge in [-0.3, -0.25) is 19.5 Å². The quantitative estimate of drug-likeness (QED) is 0.154. The van der Waals surface area contributed by atoms with E-state index in [4.69, 9.17) is 0 Å². The van der Waals surface area contributed by atoms with E-state index < -0.39 is 10.8 Å². The van der Waals surface area contributed by atoms with E-state index in [9.17, 15) is 14.4 Å². The first-order valence-electron chi connectivity index (χ1n) is 21.1. The molecule has 0 bridgehead atoms. The van der Waals surface area contributed by atoms with Gasteiger partial charge >= 0.3 is 0 Å². The number of carbonyl (C=O) groups is 3. The molecule has 5 heterocycles. The second-order valence-corrected chi connectivity index (χ2v) is 18.0. The largest absolute Gasteiger partial charge is 0.353 e. The molecular weight excluding hydrogens is 733 g/mol. The van der Waals surface area contributed by atoms with Gasteiger partial charge in [-0.25, -0.2) is 0 Å². The van der Waals surface area contributed by atoms with Crippen LogP contribution in [0.25, 0.3) is 33.2 Å². The Kier molecular flexibility index (Phi) is 8.60. The lowest BCUT2D eigenvalue weighted by Gasteiger charge is -2.20. The third-order valence-corrected chi connectivity index (χ3v) is 13.4. The first-order chi connectivity index (χ1) is 28.4. The number of aromatic amines is 3. The maximum Gasteiger partial charge on any atom is 0.237 e. The SMILES string of the molecule is CC1(C)C(=O)N(Cc2ccccc2)c2cc3c4c([nH]c3cc21)C(=O)CCCC4.Cc1[nH]nc2c1CCCc1c-2[nH]c2cc3c(cc12)N(Cc1ccccc1)C(=O)C3(C)C. The molecule has 2 aliphatic carbocycles. The fourth-order valence-corrected chi connectivity index (χ4v) is 10.1. The number of H-pyrrole nitrogens is 3. The molecule has 59 heavy (non-hydrogen) atoms. The normalized spacial score (nSPS) is 17.5. The molecule has 0 unspecified atom stereocenters. The molecule has 298 valence electrons. The van der Waals surface area contributed by atoms with Crippen LogP contribution in [0, 0.1) is 6.92 Å². The van der Waals surface area contributed by atoms with Crippen LogP contribution >= 0.6 is 0 Å². The third-order valence-electron chi connectivity index (χ3n) is 13.4. The average molecular weight is 783 g/mol. The van der Waals surface area contributed by atoms with Gasteiger partial charge in [-0.2, -0.15) is 5.10 Å². The first kappa shape index (κ1) is 37.1. The molecule has 0 spiro atoms. The van der Waals surface area contributed by atoms with Crippen LogP contribution in [0.1, 0.15) is 109 Å². The van der Waals surface area contributed by atoms with Gasteiger partial charge in [0.15, 0.2) is 5.78 Å². The Morgan fingerprint density at radius 1 is 0.593 bits per heavy atom. The number of nitrogens with zero attached hydrogens (tertiary/aromatic N) is 3. The molecule has 0 radical (unpaired) electrons. The third kappa shape index (κ3) is 5.88. The number of nitrogens with one attached hydrogen (secondary N) is 3. The lowest BCUT2D eigenvalue weighted by atomic mass is 9.85. The molecule has 4 aliphatic rings. The van der Waals surface area contributed by atoms with Crippen LogP contribution in [0.15, 0.2) is 84.9 Å². The summed E-state index contributed by atoms with van der Waals surface area (Å²) >= 11 is 0. The van der Waals surface area contributed by atoms with Crippen molar-refractivity contribution in [2.45, 2.75) is 103 Å². The summed E-state index contributed by atoms with van der Waals surface area (Å²) in [5.41, 5.74) is 15.2. The second kappa shape index (κ2) is 13.7. The van der Waals surface area contributed by atoms with E-state index >= 15 is 0 Å². The van der Waals surface area contributed by atoms with Gasteiger partial charge in [-0.15, -0.1) is 0 Å². The number of Topliss-reactive ketones (excluding diaryl/α,β-unsaturated/α-hetero) is 1. The molecule has 2 aliphatic heterocycles. The minimum atomic E-state index is -0.579. The lowest BCUT2D eigenvalue weighted by Crippen LogP contribution is -2.35. The molecule has 4 aromatic carbocycles. The summed E-state index contributed by atoms with van der Waals surface area (Å²) in [4.78, 5) is 50.1. The number of anilines is 2. The van der Waals surface area contributed by atoms with Gasteiger partial charge < -0.3 is 19.8 Å². The Labute approximate surface area is 344 Å². The van der Waals surface area contributed by atoms with Crippen LogP contribution in [0.4, 0.5) is 11.4 Å². The fourth-order valence-electron chi connectivity index (χ4n) is 10.1. The van der Waals surface area contributed by atoms with Crippen molar-refractivity contribution >= 4 is 50.8 Å². The summed E-state index contributed by atoms with van der Waals surface area (Å²) in [5, 5.41) is 10.1. The molecule has 2 amide bonds. The highest BCUT2D eigenvalue weighted by atomic mass is 16.2. The van der Waals surface area contributed by atoms with E-state index in [0.717, 1.165) is 117 Å². The van der Waals surface area contributed by atoms with Crippen LogP contribution in [-0.4, -0.2) is 37.8 Å². The van der Waals surface area contributed by atoms with E-state index in [2.05, 4.69) is 75.6 Å². The number of benzene rings is 4. The van der Waals surface area contributed by atoms with E-state index in [0.29, 0.717) is 19.5 Å². The highest BCUT2D eigenvalue weighted by molar-refractivity contribution is 6.12. The molecule has 3 N–H and O–H groups in total. The van der Waals surface area contributed by atoms with Crippen molar-refractivity contribution in [1.82, 2.24) is 20.2 Å². The summed E-state index contributed by atoms with van der Waals surface area (Å²) in [6.45, 7) is 11.3. The molecule has 0 fully saturated rings. The predicted molar refractivity (Wildman–Crippen MR) is 234 cm³/mol. The Morgan fingerprint density at radius 2 is 1.07 bits per heavy atom. The molecule has 0 saturated heterocycles. The van der Waals surface area contributed by atoms with E-state index in [1.165, 1.54) is 16.5 Å². The van der Waals surface area contributed by atoms with Crippen LogP contribution < -0.4 is 9.80 Å². The van der Waals surface area contributed by atoms with Crippen LogP contribution in [0.2, 0.25) is 0 Å². The van der Waals surface area contributed by atoms with Gasteiger partial charge in [-0.1, -0.05) is 60.7 Å². The molecule has 9 heteroatoms. The first-order valence-corrected chi connectivity index (χ1v) is 21.1. The lowest BCUT2D eigenvalue weighted by molar-refractivity contribution is -0.122. The van der Waals surface area contributed by atoms with Crippen molar-refractivity contribution in [3.63, 3.8) is 0 Å². The molecule has 0 atom stereocenters. The number of aryl methyl sites for hydroxylation is 3. The number of carbonyl (C=O) groups excluding carboxylic acids is 3. The number of ketones is 1. The molecule has 11 rings (SSSR count). The number of aromatic nitrogens is 4. The molecule has 3 aromatic heterocycles. The van der Waals surface area contributed by atoms with Crippen molar-refractivity contribution in [2.24, 2.45) is 0 Å². The summed E-state index contributed by atoms with van der Waals surface area (Å²) < 4.78 is 0. The van der Waals surface area contributed by atoms with Crippen molar-refractivity contribution in [1.29, 1.82) is 0 Å². The highest BCUT2D eigenvalue weighted by Gasteiger charge is 2.46. The Balaban J connectivity index is 0.000000143. The minimum absolute atomic E-state index is 0.126. The van der Waals surface area contributed by atoms with Crippen LogP contribution in [-0.2, 0) is 52.8 Å².